The van der Waals surface area contributed by atoms with Gasteiger partial charge >= 0.3 is 0 Å². The third-order valence-corrected chi connectivity index (χ3v) is 3.47. The Hall–Kier alpha value is -2.10. The number of fused-ring (bicyclic) bond motifs is 1. The van der Waals surface area contributed by atoms with E-state index in [4.69, 9.17) is 5.73 Å². The molecule has 4 heteroatoms. The molecule has 0 fully saturated rings. The standard InChI is InChI=1S/C14H16N4/c1-10-7-18(13-5-16-9-17-6-13)8-11-4-12(15)2-3-14(10)11/h2-6,9-10H,7-8,15H2,1H3. The summed E-state index contributed by atoms with van der Waals surface area (Å²) in [5.41, 5.74) is 10.5. The van der Waals surface area contributed by atoms with Crippen LogP contribution in [0, 0.1) is 0 Å². The van der Waals surface area contributed by atoms with Crippen molar-refractivity contribution in [3.63, 3.8) is 0 Å². The van der Waals surface area contributed by atoms with E-state index in [0.717, 1.165) is 24.5 Å². The van der Waals surface area contributed by atoms with Crippen molar-refractivity contribution in [2.75, 3.05) is 17.2 Å². The molecule has 1 unspecified atom stereocenters. The Morgan fingerprint density at radius 1 is 1.28 bits per heavy atom. The molecule has 1 aliphatic rings. The second kappa shape index (κ2) is 4.29. The highest BCUT2D eigenvalue weighted by Gasteiger charge is 2.22. The summed E-state index contributed by atoms with van der Waals surface area (Å²) in [6.45, 7) is 4.10. The number of nitrogens with zero attached hydrogens (tertiary/aromatic N) is 3. The largest absolute Gasteiger partial charge is 0.399 e. The lowest BCUT2D eigenvalue weighted by molar-refractivity contribution is 0.638. The van der Waals surface area contributed by atoms with Crippen molar-refractivity contribution in [2.24, 2.45) is 0 Å². The zero-order chi connectivity index (χ0) is 12.5. The maximum atomic E-state index is 5.87. The molecule has 0 saturated heterocycles. The molecule has 0 saturated carbocycles. The van der Waals surface area contributed by atoms with E-state index >= 15 is 0 Å². The van der Waals surface area contributed by atoms with E-state index in [-0.39, 0.29) is 0 Å². The Balaban J connectivity index is 1.96. The fraction of sp³-hybridized carbons (Fsp3) is 0.286. The van der Waals surface area contributed by atoms with Gasteiger partial charge < -0.3 is 10.6 Å². The van der Waals surface area contributed by atoms with Crippen LogP contribution in [-0.2, 0) is 6.54 Å². The van der Waals surface area contributed by atoms with Crippen LogP contribution in [0.1, 0.15) is 24.0 Å². The molecule has 1 atom stereocenters. The van der Waals surface area contributed by atoms with Crippen molar-refractivity contribution in [3.8, 4) is 0 Å². The van der Waals surface area contributed by atoms with Crippen LogP contribution in [-0.4, -0.2) is 16.5 Å². The summed E-state index contributed by atoms with van der Waals surface area (Å²) in [4.78, 5) is 10.5. The summed E-state index contributed by atoms with van der Waals surface area (Å²) in [6, 6.07) is 6.20. The minimum atomic E-state index is 0.495. The Morgan fingerprint density at radius 2 is 2.06 bits per heavy atom. The van der Waals surface area contributed by atoms with Crippen LogP contribution in [0.25, 0.3) is 0 Å². The highest BCUT2D eigenvalue weighted by Crippen LogP contribution is 2.31. The summed E-state index contributed by atoms with van der Waals surface area (Å²) in [6.07, 6.45) is 5.27. The highest BCUT2D eigenvalue weighted by molar-refractivity contribution is 5.52. The first-order chi connectivity index (χ1) is 8.74. The van der Waals surface area contributed by atoms with E-state index in [1.807, 2.05) is 18.5 Å². The van der Waals surface area contributed by atoms with Crippen LogP contribution in [0.2, 0.25) is 0 Å². The van der Waals surface area contributed by atoms with Gasteiger partial charge in [-0.2, -0.15) is 0 Å². The van der Waals surface area contributed by atoms with Gasteiger partial charge in [-0.1, -0.05) is 13.0 Å². The molecule has 0 aliphatic carbocycles. The van der Waals surface area contributed by atoms with Gasteiger partial charge in [0.15, 0.2) is 0 Å². The maximum Gasteiger partial charge on any atom is 0.115 e. The number of hydrogen-bond acceptors (Lipinski definition) is 4. The molecule has 1 aromatic heterocycles. The molecule has 2 heterocycles. The van der Waals surface area contributed by atoms with E-state index in [9.17, 15) is 0 Å². The topological polar surface area (TPSA) is 55.0 Å². The summed E-state index contributed by atoms with van der Waals surface area (Å²) >= 11 is 0. The molecule has 3 rings (SSSR count). The minimum absolute atomic E-state index is 0.495. The quantitative estimate of drug-likeness (QED) is 0.776. The predicted octanol–water partition coefficient (Wildman–Crippen LogP) is 2.18. The van der Waals surface area contributed by atoms with Gasteiger partial charge in [0.05, 0.1) is 18.1 Å². The summed E-state index contributed by atoms with van der Waals surface area (Å²) in [5, 5.41) is 0. The minimum Gasteiger partial charge on any atom is -0.399 e. The second-order valence-corrected chi connectivity index (χ2v) is 4.84. The lowest BCUT2D eigenvalue weighted by Crippen LogP contribution is -2.32. The van der Waals surface area contributed by atoms with Crippen LogP contribution >= 0.6 is 0 Å². The normalized spacial score (nSPS) is 18.5. The van der Waals surface area contributed by atoms with E-state index in [1.54, 1.807) is 6.33 Å². The molecular formula is C14H16N4. The number of hydrogen-bond donors (Lipinski definition) is 1. The van der Waals surface area contributed by atoms with Crippen molar-refractivity contribution >= 4 is 11.4 Å². The third-order valence-electron chi connectivity index (χ3n) is 3.47. The molecule has 1 aromatic carbocycles. The van der Waals surface area contributed by atoms with Gasteiger partial charge in [0.2, 0.25) is 0 Å². The van der Waals surface area contributed by atoms with E-state index in [1.165, 1.54) is 11.1 Å². The van der Waals surface area contributed by atoms with Crippen molar-refractivity contribution in [1.82, 2.24) is 9.97 Å². The molecule has 0 amide bonds. The Morgan fingerprint density at radius 3 is 2.83 bits per heavy atom. The molecule has 0 spiro atoms. The average molecular weight is 240 g/mol. The molecule has 92 valence electrons. The number of nitrogens with two attached hydrogens (primary N) is 1. The summed E-state index contributed by atoms with van der Waals surface area (Å²) < 4.78 is 0. The Bertz CT molecular complexity index is 553. The zero-order valence-electron chi connectivity index (χ0n) is 10.4. The lowest BCUT2D eigenvalue weighted by atomic mass is 9.90. The third kappa shape index (κ3) is 1.90. The molecule has 0 radical (unpaired) electrons. The molecule has 0 bridgehead atoms. The van der Waals surface area contributed by atoms with Crippen LogP contribution in [0.15, 0.2) is 36.9 Å². The predicted molar refractivity (Wildman–Crippen MR) is 72.4 cm³/mol. The van der Waals surface area contributed by atoms with Crippen molar-refractivity contribution in [1.29, 1.82) is 0 Å². The number of aromatic nitrogens is 2. The molecule has 4 nitrogen and oxygen atoms in total. The summed E-state index contributed by atoms with van der Waals surface area (Å²) in [5.74, 6) is 0.495. The lowest BCUT2D eigenvalue weighted by Gasteiger charge is -2.34. The van der Waals surface area contributed by atoms with Gasteiger partial charge in [0, 0.05) is 18.8 Å². The van der Waals surface area contributed by atoms with Crippen molar-refractivity contribution in [3.05, 3.63) is 48.0 Å². The Labute approximate surface area is 106 Å². The average Bonchev–Trinajstić information content (AvgIpc) is 2.39. The van der Waals surface area contributed by atoms with Crippen molar-refractivity contribution in [2.45, 2.75) is 19.4 Å². The van der Waals surface area contributed by atoms with Gasteiger partial charge in [-0.3, -0.25) is 0 Å². The van der Waals surface area contributed by atoms with Gasteiger partial charge in [0.1, 0.15) is 6.33 Å². The van der Waals surface area contributed by atoms with Gasteiger partial charge in [0.25, 0.3) is 0 Å². The number of nitrogen functional groups attached to an aromatic ring is 1. The SMILES string of the molecule is CC1CN(c2cncnc2)Cc2cc(N)ccc21. The van der Waals surface area contributed by atoms with Crippen LogP contribution < -0.4 is 10.6 Å². The fourth-order valence-electron chi connectivity index (χ4n) is 2.59. The van der Waals surface area contributed by atoms with Crippen LogP contribution in [0.3, 0.4) is 0 Å². The second-order valence-electron chi connectivity index (χ2n) is 4.84. The van der Waals surface area contributed by atoms with E-state index in [0.29, 0.717) is 5.92 Å². The molecule has 1 aliphatic heterocycles. The van der Waals surface area contributed by atoms with Crippen LogP contribution in [0.4, 0.5) is 11.4 Å². The number of benzene rings is 1. The van der Waals surface area contributed by atoms with Crippen LogP contribution in [0.5, 0.6) is 0 Å². The molecular weight excluding hydrogens is 224 g/mol. The van der Waals surface area contributed by atoms with Gasteiger partial charge in [-0.15, -0.1) is 0 Å². The van der Waals surface area contributed by atoms with Gasteiger partial charge in [-0.05, 0) is 29.2 Å². The fourth-order valence-corrected chi connectivity index (χ4v) is 2.59. The first-order valence-corrected chi connectivity index (χ1v) is 6.12. The molecule has 18 heavy (non-hydrogen) atoms. The smallest absolute Gasteiger partial charge is 0.115 e. The van der Waals surface area contributed by atoms with E-state index in [2.05, 4.69) is 33.9 Å². The molecule has 2 N–H and O–H groups in total. The number of anilines is 2. The zero-order valence-corrected chi connectivity index (χ0v) is 10.4. The summed E-state index contributed by atoms with van der Waals surface area (Å²) in [7, 11) is 0. The van der Waals surface area contributed by atoms with Crippen molar-refractivity contribution < 1.29 is 0 Å². The molecule has 2 aromatic rings. The van der Waals surface area contributed by atoms with E-state index < -0.39 is 0 Å². The van der Waals surface area contributed by atoms with Gasteiger partial charge in [-0.25, -0.2) is 9.97 Å². The Kier molecular flexibility index (Phi) is 2.63. The first-order valence-electron chi connectivity index (χ1n) is 6.12. The number of rotatable bonds is 1. The maximum absolute atomic E-state index is 5.87. The first kappa shape index (κ1) is 11.0. The monoisotopic (exact) mass is 240 g/mol. The highest BCUT2D eigenvalue weighted by atomic mass is 15.1.